The molecule has 1 amide bonds. The molecule has 1 N–H and O–H groups in total. The van der Waals surface area contributed by atoms with Gasteiger partial charge in [0.2, 0.25) is 0 Å². The van der Waals surface area contributed by atoms with E-state index in [0.717, 1.165) is 5.82 Å². The summed E-state index contributed by atoms with van der Waals surface area (Å²) in [5.41, 5.74) is -0.253. The molecule has 0 saturated carbocycles. The number of amides is 1. The molecule has 20 heavy (non-hydrogen) atoms. The average molecular weight is 297 g/mol. The third-order valence-electron chi connectivity index (χ3n) is 3.39. The van der Waals surface area contributed by atoms with Gasteiger partial charge in [0, 0.05) is 20.3 Å². The van der Waals surface area contributed by atoms with Gasteiger partial charge in [0.05, 0.1) is 22.6 Å². The molecular weight excluding hydrogens is 278 g/mol. The highest BCUT2D eigenvalue weighted by Crippen LogP contribution is 2.23. The van der Waals surface area contributed by atoms with Crippen LogP contribution >= 0.6 is 0 Å². The van der Waals surface area contributed by atoms with E-state index < -0.39 is 15.4 Å². The van der Waals surface area contributed by atoms with Gasteiger partial charge in [-0.25, -0.2) is 13.4 Å². The Bertz CT molecular complexity index is 610. The van der Waals surface area contributed by atoms with Crippen molar-refractivity contribution in [2.24, 2.45) is 0 Å². The highest BCUT2D eigenvalue weighted by molar-refractivity contribution is 7.91. The van der Waals surface area contributed by atoms with E-state index in [4.69, 9.17) is 0 Å². The lowest BCUT2D eigenvalue weighted by Gasteiger charge is -2.23. The number of hydrogen-bond acceptors (Lipinski definition) is 5. The van der Waals surface area contributed by atoms with Crippen LogP contribution in [0.2, 0.25) is 0 Å². The summed E-state index contributed by atoms with van der Waals surface area (Å²) in [6.07, 6.45) is 1.95. The Morgan fingerprint density at radius 3 is 2.55 bits per heavy atom. The number of rotatable bonds is 3. The van der Waals surface area contributed by atoms with Crippen LogP contribution in [0.15, 0.2) is 18.3 Å². The van der Waals surface area contributed by atoms with Crippen molar-refractivity contribution in [3.8, 4) is 0 Å². The van der Waals surface area contributed by atoms with Gasteiger partial charge in [-0.1, -0.05) is 0 Å². The molecule has 1 aliphatic rings. The number of nitrogens with one attached hydrogen (secondary N) is 1. The zero-order valence-corrected chi connectivity index (χ0v) is 12.7. The van der Waals surface area contributed by atoms with Crippen LogP contribution in [0.4, 0.5) is 5.82 Å². The average Bonchev–Trinajstić information content (AvgIpc) is 2.63. The molecule has 1 aliphatic heterocycles. The van der Waals surface area contributed by atoms with Gasteiger partial charge in [0.15, 0.2) is 9.84 Å². The first-order valence-corrected chi connectivity index (χ1v) is 8.19. The van der Waals surface area contributed by atoms with Gasteiger partial charge in [-0.2, -0.15) is 0 Å². The van der Waals surface area contributed by atoms with E-state index in [9.17, 15) is 13.2 Å². The SMILES string of the molecule is CN(C)c1ccc(C(=O)N[C@]2(C)CCS(=O)(=O)C2)cn1. The second-order valence-electron chi connectivity index (χ2n) is 5.66. The Kier molecular flexibility index (Phi) is 3.73. The van der Waals surface area contributed by atoms with E-state index in [2.05, 4.69) is 10.3 Å². The minimum atomic E-state index is -3.04. The van der Waals surface area contributed by atoms with Crippen LogP contribution < -0.4 is 10.2 Å². The maximum Gasteiger partial charge on any atom is 0.253 e. The van der Waals surface area contributed by atoms with Crippen LogP contribution in [0, 0.1) is 0 Å². The Morgan fingerprint density at radius 2 is 2.10 bits per heavy atom. The van der Waals surface area contributed by atoms with Crippen LogP contribution in [0.3, 0.4) is 0 Å². The Hall–Kier alpha value is -1.63. The number of carbonyl (C=O) groups excluding carboxylic acids is 1. The largest absolute Gasteiger partial charge is 0.363 e. The molecule has 1 saturated heterocycles. The molecule has 0 aliphatic carbocycles. The maximum absolute atomic E-state index is 12.1. The van der Waals surface area contributed by atoms with Crippen LogP contribution in [-0.2, 0) is 9.84 Å². The van der Waals surface area contributed by atoms with Crippen molar-refractivity contribution in [2.75, 3.05) is 30.5 Å². The Balaban J connectivity index is 2.09. The Morgan fingerprint density at radius 1 is 1.40 bits per heavy atom. The quantitative estimate of drug-likeness (QED) is 0.876. The molecule has 6 nitrogen and oxygen atoms in total. The van der Waals surface area contributed by atoms with Crippen LogP contribution in [0.5, 0.6) is 0 Å². The van der Waals surface area contributed by atoms with Gasteiger partial charge in [-0.05, 0) is 25.5 Å². The molecule has 2 heterocycles. The van der Waals surface area contributed by atoms with E-state index in [1.807, 2.05) is 19.0 Å². The number of anilines is 1. The maximum atomic E-state index is 12.1. The lowest BCUT2D eigenvalue weighted by Crippen LogP contribution is -2.46. The predicted molar refractivity (Wildman–Crippen MR) is 77.7 cm³/mol. The van der Waals surface area contributed by atoms with Crippen LogP contribution in [-0.4, -0.2) is 50.4 Å². The zero-order valence-electron chi connectivity index (χ0n) is 11.9. The fourth-order valence-corrected chi connectivity index (χ4v) is 4.33. The molecule has 0 bridgehead atoms. The number of pyridine rings is 1. The lowest BCUT2D eigenvalue weighted by atomic mass is 10.0. The monoisotopic (exact) mass is 297 g/mol. The number of carbonyl (C=O) groups is 1. The fraction of sp³-hybridized carbons (Fsp3) is 0.538. The Labute approximate surface area is 119 Å². The highest BCUT2D eigenvalue weighted by atomic mass is 32.2. The highest BCUT2D eigenvalue weighted by Gasteiger charge is 2.39. The molecule has 0 spiro atoms. The normalized spacial score (nSPS) is 24.4. The van der Waals surface area contributed by atoms with E-state index in [1.165, 1.54) is 6.20 Å². The number of nitrogens with zero attached hydrogens (tertiary/aromatic N) is 2. The molecule has 1 fully saturated rings. The van der Waals surface area contributed by atoms with E-state index in [0.29, 0.717) is 12.0 Å². The van der Waals surface area contributed by atoms with Gasteiger partial charge in [-0.15, -0.1) is 0 Å². The van der Waals surface area contributed by atoms with Gasteiger partial charge < -0.3 is 10.2 Å². The molecule has 110 valence electrons. The third-order valence-corrected chi connectivity index (χ3v) is 5.29. The molecule has 7 heteroatoms. The first-order chi connectivity index (χ1) is 9.21. The van der Waals surface area contributed by atoms with Crippen molar-refractivity contribution in [1.82, 2.24) is 10.3 Å². The van der Waals surface area contributed by atoms with Crippen molar-refractivity contribution in [3.63, 3.8) is 0 Å². The number of hydrogen-bond donors (Lipinski definition) is 1. The first kappa shape index (κ1) is 14.8. The smallest absolute Gasteiger partial charge is 0.253 e. The zero-order chi connectivity index (χ0) is 15.0. The first-order valence-electron chi connectivity index (χ1n) is 6.37. The van der Waals surface area contributed by atoms with E-state index in [-0.39, 0.29) is 17.4 Å². The summed E-state index contributed by atoms with van der Waals surface area (Å²) in [7, 11) is 0.698. The molecule has 0 unspecified atom stereocenters. The van der Waals surface area contributed by atoms with Crippen molar-refractivity contribution in [1.29, 1.82) is 0 Å². The van der Waals surface area contributed by atoms with Crippen molar-refractivity contribution in [2.45, 2.75) is 18.9 Å². The minimum absolute atomic E-state index is 0.00501. The van der Waals surface area contributed by atoms with Gasteiger partial charge in [0.25, 0.3) is 5.91 Å². The van der Waals surface area contributed by atoms with E-state index in [1.54, 1.807) is 19.1 Å². The van der Waals surface area contributed by atoms with Crippen molar-refractivity contribution >= 4 is 21.6 Å². The molecular formula is C13H19N3O3S. The van der Waals surface area contributed by atoms with Crippen LogP contribution in [0.25, 0.3) is 0 Å². The van der Waals surface area contributed by atoms with Gasteiger partial charge in [0.1, 0.15) is 5.82 Å². The van der Waals surface area contributed by atoms with Crippen LogP contribution in [0.1, 0.15) is 23.7 Å². The summed E-state index contributed by atoms with van der Waals surface area (Å²) in [6, 6.07) is 3.44. The van der Waals surface area contributed by atoms with E-state index >= 15 is 0 Å². The summed E-state index contributed by atoms with van der Waals surface area (Å²) in [6.45, 7) is 1.76. The van der Waals surface area contributed by atoms with Gasteiger partial charge >= 0.3 is 0 Å². The summed E-state index contributed by atoms with van der Waals surface area (Å²) in [5.74, 6) is 0.593. The molecule has 1 aromatic rings. The third kappa shape index (κ3) is 3.27. The molecule has 0 aromatic carbocycles. The van der Waals surface area contributed by atoms with Crippen molar-refractivity contribution in [3.05, 3.63) is 23.9 Å². The number of aromatic nitrogens is 1. The molecule has 2 rings (SSSR count). The predicted octanol–water partition coefficient (Wildman–Crippen LogP) is 0.455. The molecule has 1 atom stereocenters. The summed E-state index contributed by atoms with van der Waals surface area (Å²) < 4.78 is 23.0. The second-order valence-corrected chi connectivity index (χ2v) is 7.84. The minimum Gasteiger partial charge on any atom is -0.363 e. The van der Waals surface area contributed by atoms with Crippen molar-refractivity contribution < 1.29 is 13.2 Å². The molecule has 1 aromatic heterocycles. The molecule has 0 radical (unpaired) electrons. The fourth-order valence-electron chi connectivity index (χ4n) is 2.24. The summed E-state index contributed by atoms with van der Waals surface area (Å²) >= 11 is 0. The topological polar surface area (TPSA) is 79.4 Å². The summed E-state index contributed by atoms with van der Waals surface area (Å²) in [5, 5.41) is 2.80. The second kappa shape index (κ2) is 5.05. The lowest BCUT2D eigenvalue weighted by molar-refractivity contribution is 0.0915. The summed E-state index contributed by atoms with van der Waals surface area (Å²) in [4.78, 5) is 18.2. The number of sulfone groups is 1. The van der Waals surface area contributed by atoms with Gasteiger partial charge in [-0.3, -0.25) is 4.79 Å². The standard InChI is InChI=1S/C13H19N3O3S/c1-13(6-7-20(18,19)9-13)15-12(17)10-4-5-11(14-8-10)16(2)3/h4-5,8H,6-7,9H2,1-3H3,(H,15,17)/t13-/m1/s1.